The molecule has 3 aromatic rings. The number of amides is 2. The highest BCUT2D eigenvalue weighted by atomic mass is 35.5. The van der Waals surface area contributed by atoms with Crippen molar-refractivity contribution in [3.05, 3.63) is 60.8 Å². The molecule has 6 nitrogen and oxygen atoms in total. The molecule has 0 unspecified atom stereocenters. The smallest absolute Gasteiger partial charge is 0.292 e. The van der Waals surface area contributed by atoms with Crippen LogP contribution in [0.3, 0.4) is 0 Å². The SMILES string of the molecule is CNC(=O)c1c(NC(=O)c2cc(=O)c3cc(Cl)c(C)cc3o2)sc2c1CCCC2. The molecule has 0 saturated carbocycles. The van der Waals surface area contributed by atoms with E-state index in [1.54, 1.807) is 20.0 Å². The molecule has 0 aliphatic heterocycles. The van der Waals surface area contributed by atoms with Gasteiger partial charge in [0.2, 0.25) is 0 Å². The van der Waals surface area contributed by atoms with E-state index in [1.165, 1.54) is 17.4 Å². The third kappa shape index (κ3) is 3.56. The maximum Gasteiger partial charge on any atom is 0.292 e. The number of hydrogen-bond donors (Lipinski definition) is 2. The number of carbonyl (C=O) groups is 2. The third-order valence-electron chi connectivity index (χ3n) is 5.08. The Bertz CT molecular complexity index is 1210. The molecule has 29 heavy (non-hydrogen) atoms. The van der Waals surface area contributed by atoms with Crippen LogP contribution in [-0.2, 0) is 12.8 Å². The quantitative estimate of drug-likeness (QED) is 0.648. The summed E-state index contributed by atoms with van der Waals surface area (Å²) in [5.74, 6) is -0.913. The van der Waals surface area contributed by atoms with E-state index in [0.717, 1.165) is 47.8 Å². The highest BCUT2D eigenvalue weighted by Crippen LogP contribution is 2.38. The Morgan fingerprint density at radius 3 is 2.66 bits per heavy atom. The fourth-order valence-corrected chi connectivity index (χ4v) is 5.02. The van der Waals surface area contributed by atoms with E-state index in [0.29, 0.717) is 26.6 Å². The second-order valence-electron chi connectivity index (χ2n) is 7.02. The Kier molecular flexibility index (Phi) is 5.19. The summed E-state index contributed by atoms with van der Waals surface area (Å²) in [5, 5.41) is 6.68. The first-order valence-electron chi connectivity index (χ1n) is 9.31. The maximum atomic E-state index is 12.8. The van der Waals surface area contributed by atoms with Gasteiger partial charge in [0.1, 0.15) is 10.6 Å². The van der Waals surface area contributed by atoms with E-state index in [1.807, 2.05) is 0 Å². The molecular formula is C21H19ClN2O4S. The summed E-state index contributed by atoms with van der Waals surface area (Å²) in [6, 6.07) is 4.32. The number of anilines is 1. The first-order chi connectivity index (χ1) is 13.9. The lowest BCUT2D eigenvalue weighted by Gasteiger charge is -2.12. The largest absolute Gasteiger partial charge is 0.451 e. The Labute approximate surface area is 175 Å². The lowest BCUT2D eigenvalue weighted by molar-refractivity contribution is 0.0963. The van der Waals surface area contributed by atoms with Gasteiger partial charge in [-0.15, -0.1) is 11.3 Å². The maximum absolute atomic E-state index is 12.8. The predicted molar refractivity (Wildman–Crippen MR) is 115 cm³/mol. The van der Waals surface area contributed by atoms with Crippen LogP contribution in [0.15, 0.2) is 27.4 Å². The van der Waals surface area contributed by atoms with Crippen LogP contribution in [0.5, 0.6) is 0 Å². The van der Waals surface area contributed by atoms with Gasteiger partial charge in [-0.3, -0.25) is 14.4 Å². The van der Waals surface area contributed by atoms with Crippen LogP contribution in [0.2, 0.25) is 5.02 Å². The van der Waals surface area contributed by atoms with Crippen LogP contribution >= 0.6 is 22.9 Å². The summed E-state index contributed by atoms with van der Waals surface area (Å²) >= 11 is 7.49. The minimum absolute atomic E-state index is 0.113. The fourth-order valence-electron chi connectivity index (χ4n) is 3.57. The number of fused-ring (bicyclic) bond motifs is 2. The van der Waals surface area contributed by atoms with Gasteiger partial charge in [-0.25, -0.2) is 0 Å². The number of halogens is 1. The van der Waals surface area contributed by atoms with Gasteiger partial charge in [0.05, 0.1) is 10.9 Å². The van der Waals surface area contributed by atoms with Gasteiger partial charge < -0.3 is 15.1 Å². The van der Waals surface area contributed by atoms with Gasteiger partial charge in [0, 0.05) is 23.0 Å². The summed E-state index contributed by atoms with van der Waals surface area (Å²) in [6.07, 6.45) is 3.79. The van der Waals surface area contributed by atoms with Gasteiger partial charge in [-0.1, -0.05) is 11.6 Å². The summed E-state index contributed by atoms with van der Waals surface area (Å²) in [6.45, 7) is 1.79. The first kappa shape index (κ1) is 19.7. The van der Waals surface area contributed by atoms with Gasteiger partial charge in [0.15, 0.2) is 11.2 Å². The van der Waals surface area contributed by atoms with Crippen molar-refractivity contribution in [2.24, 2.45) is 0 Å². The molecule has 0 atom stereocenters. The third-order valence-corrected chi connectivity index (χ3v) is 6.70. The zero-order valence-corrected chi connectivity index (χ0v) is 17.6. The van der Waals surface area contributed by atoms with E-state index in [2.05, 4.69) is 10.6 Å². The lowest BCUT2D eigenvalue weighted by atomic mass is 9.95. The highest BCUT2D eigenvalue weighted by molar-refractivity contribution is 7.17. The van der Waals surface area contributed by atoms with Crippen molar-refractivity contribution < 1.29 is 14.0 Å². The second kappa shape index (κ2) is 7.65. The van der Waals surface area contributed by atoms with Crippen molar-refractivity contribution in [3.8, 4) is 0 Å². The van der Waals surface area contributed by atoms with E-state index < -0.39 is 5.91 Å². The average Bonchev–Trinajstić information content (AvgIpc) is 3.06. The van der Waals surface area contributed by atoms with Crippen molar-refractivity contribution in [2.75, 3.05) is 12.4 Å². The molecule has 0 saturated heterocycles. The van der Waals surface area contributed by atoms with Gasteiger partial charge >= 0.3 is 0 Å². The van der Waals surface area contributed by atoms with Crippen LogP contribution in [0.25, 0.3) is 11.0 Å². The zero-order chi connectivity index (χ0) is 20.7. The second-order valence-corrected chi connectivity index (χ2v) is 8.53. The van der Waals surface area contributed by atoms with Crippen molar-refractivity contribution in [1.29, 1.82) is 0 Å². The molecule has 150 valence electrons. The highest BCUT2D eigenvalue weighted by Gasteiger charge is 2.26. The Balaban J connectivity index is 1.73. The molecule has 0 radical (unpaired) electrons. The lowest BCUT2D eigenvalue weighted by Crippen LogP contribution is -2.22. The van der Waals surface area contributed by atoms with Gasteiger partial charge in [-0.2, -0.15) is 0 Å². The minimum atomic E-state index is -0.569. The summed E-state index contributed by atoms with van der Waals surface area (Å²) < 4.78 is 5.67. The number of rotatable bonds is 3. The Morgan fingerprint density at radius 1 is 1.14 bits per heavy atom. The van der Waals surface area contributed by atoms with Crippen molar-refractivity contribution in [1.82, 2.24) is 5.32 Å². The van der Waals surface area contributed by atoms with Crippen LogP contribution < -0.4 is 16.1 Å². The average molecular weight is 431 g/mol. The summed E-state index contributed by atoms with van der Waals surface area (Å²) in [4.78, 5) is 38.8. The number of carbonyl (C=O) groups excluding carboxylic acids is 2. The molecule has 1 aliphatic rings. The number of benzene rings is 1. The summed E-state index contributed by atoms with van der Waals surface area (Å²) in [5.41, 5.74) is 2.19. The molecule has 8 heteroatoms. The first-order valence-corrected chi connectivity index (χ1v) is 10.5. The molecule has 1 aromatic carbocycles. The molecule has 0 spiro atoms. The minimum Gasteiger partial charge on any atom is -0.451 e. The van der Waals surface area contributed by atoms with E-state index in [-0.39, 0.29) is 17.1 Å². The molecule has 2 heterocycles. The van der Waals surface area contributed by atoms with Crippen molar-refractivity contribution in [2.45, 2.75) is 32.6 Å². The standard InChI is InChI=1S/C21H19ClN2O4S/c1-10-7-15-12(8-13(10)22)14(25)9-16(28-15)19(26)24-21-18(20(27)23-2)11-5-3-4-6-17(11)29-21/h7-9H,3-6H2,1-2H3,(H,23,27)(H,24,26). The van der Waals surface area contributed by atoms with Gasteiger partial charge in [0.25, 0.3) is 11.8 Å². The zero-order valence-electron chi connectivity index (χ0n) is 16.0. The Morgan fingerprint density at radius 2 is 1.90 bits per heavy atom. The monoisotopic (exact) mass is 430 g/mol. The van der Waals surface area contributed by atoms with Crippen molar-refractivity contribution in [3.63, 3.8) is 0 Å². The van der Waals surface area contributed by atoms with Gasteiger partial charge in [-0.05, 0) is 55.9 Å². The topological polar surface area (TPSA) is 88.4 Å². The molecule has 0 fully saturated rings. The normalized spacial score (nSPS) is 13.2. The number of hydrogen-bond acceptors (Lipinski definition) is 5. The number of aryl methyl sites for hydroxylation is 2. The molecule has 2 amide bonds. The predicted octanol–water partition coefficient (Wildman–Crippen LogP) is 4.31. The molecule has 1 aliphatic carbocycles. The fraction of sp³-hybridized carbons (Fsp3) is 0.286. The molecule has 4 rings (SSSR count). The van der Waals surface area contributed by atoms with E-state index in [9.17, 15) is 14.4 Å². The number of nitrogens with one attached hydrogen (secondary N) is 2. The van der Waals surface area contributed by atoms with E-state index >= 15 is 0 Å². The van der Waals surface area contributed by atoms with Crippen LogP contribution in [0.1, 0.15) is 49.8 Å². The molecule has 0 bridgehead atoms. The molecule has 2 N–H and O–H groups in total. The summed E-state index contributed by atoms with van der Waals surface area (Å²) in [7, 11) is 1.57. The van der Waals surface area contributed by atoms with Crippen LogP contribution in [-0.4, -0.2) is 18.9 Å². The molecule has 2 aromatic heterocycles. The van der Waals surface area contributed by atoms with Crippen molar-refractivity contribution >= 4 is 50.7 Å². The van der Waals surface area contributed by atoms with Crippen LogP contribution in [0.4, 0.5) is 5.00 Å². The van der Waals surface area contributed by atoms with E-state index in [4.69, 9.17) is 16.0 Å². The molecular weight excluding hydrogens is 412 g/mol. The number of thiophene rings is 1. The van der Waals surface area contributed by atoms with Crippen LogP contribution in [0, 0.1) is 6.92 Å². The Hall–Kier alpha value is -2.64.